The summed E-state index contributed by atoms with van der Waals surface area (Å²) < 4.78 is 14.2. The molecule has 2 heterocycles. The van der Waals surface area contributed by atoms with E-state index in [0.29, 0.717) is 29.8 Å². The topological polar surface area (TPSA) is 68.2 Å². The number of rotatable bonds is 2. The fraction of sp³-hybridized carbons (Fsp3) is 0.300. The van der Waals surface area contributed by atoms with Crippen LogP contribution in [-0.4, -0.2) is 29.9 Å². The number of amides is 1. The van der Waals surface area contributed by atoms with Crippen LogP contribution in [0.1, 0.15) is 33.9 Å². The van der Waals surface area contributed by atoms with E-state index in [1.54, 1.807) is 41.3 Å². The summed E-state index contributed by atoms with van der Waals surface area (Å²) in [5.74, 6) is -0.315. The number of halogens is 1. The van der Waals surface area contributed by atoms with Crippen molar-refractivity contribution >= 4 is 5.91 Å². The highest BCUT2D eigenvalue weighted by Crippen LogP contribution is 2.35. The van der Waals surface area contributed by atoms with Crippen molar-refractivity contribution in [3.05, 3.63) is 71.0 Å². The molecule has 2 fully saturated rings. The van der Waals surface area contributed by atoms with Gasteiger partial charge in [0.15, 0.2) is 0 Å². The number of carbonyl (C=O) groups is 1. The van der Waals surface area contributed by atoms with Gasteiger partial charge in [-0.25, -0.2) is 9.82 Å². The van der Waals surface area contributed by atoms with Crippen LogP contribution in [0.25, 0.3) is 0 Å². The van der Waals surface area contributed by atoms with Gasteiger partial charge in [0.25, 0.3) is 5.91 Å². The maximum atomic E-state index is 14.2. The molecule has 0 spiro atoms. The second-order valence-electron chi connectivity index (χ2n) is 6.76. The van der Waals surface area contributed by atoms with E-state index < -0.39 is 0 Å². The number of nitriles is 1. The summed E-state index contributed by atoms with van der Waals surface area (Å²) in [4.78, 5) is 14.7. The third-order valence-corrected chi connectivity index (χ3v) is 5.32. The molecular weight excluding hydrogens is 331 g/mol. The fourth-order valence-electron chi connectivity index (χ4n) is 3.96. The predicted molar refractivity (Wildman–Crippen MR) is 94.4 cm³/mol. The zero-order valence-electron chi connectivity index (χ0n) is 14.2. The largest absolute Gasteiger partial charge is 0.338 e. The zero-order chi connectivity index (χ0) is 18.1. The average Bonchev–Trinajstić information content (AvgIpc) is 3.10. The van der Waals surface area contributed by atoms with E-state index in [2.05, 4.69) is 16.9 Å². The molecule has 2 saturated heterocycles. The van der Waals surface area contributed by atoms with Crippen molar-refractivity contribution in [1.29, 1.82) is 5.26 Å². The van der Waals surface area contributed by atoms with Gasteiger partial charge in [0.2, 0.25) is 0 Å². The molecule has 2 aliphatic heterocycles. The van der Waals surface area contributed by atoms with Crippen LogP contribution in [0.15, 0.2) is 48.5 Å². The Bertz CT molecular complexity index is 878. The first-order valence-electron chi connectivity index (χ1n) is 8.73. The zero-order valence-corrected chi connectivity index (χ0v) is 14.2. The van der Waals surface area contributed by atoms with Crippen LogP contribution in [0.5, 0.6) is 0 Å². The molecule has 3 unspecified atom stereocenters. The van der Waals surface area contributed by atoms with Gasteiger partial charge >= 0.3 is 0 Å². The van der Waals surface area contributed by atoms with Crippen molar-refractivity contribution in [2.45, 2.75) is 18.5 Å². The van der Waals surface area contributed by atoms with Crippen LogP contribution >= 0.6 is 0 Å². The minimum atomic E-state index is -0.245. The summed E-state index contributed by atoms with van der Waals surface area (Å²) in [5.41, 5.74) is 7.86. The monoisotopic (exact) mass is 350 g/mol. The Kier molecular flexibility index (Phi) is 4.41. The van der Waals surface area contributed by atoms with Gasteiger partial charge in [-0.1, -0.05) is 30.3 Å². The van der Waals surface area contributed by atoms with Crippen molar-refractivity contribution < 1.29 is 9.18 Å². The van der Waals surface area contributed by atoms with E-state index in [1.807, 2.05) is 6.07 Å². The van der Waals surface area contributed by atoms with Crippen molar-refractivity contribution in [2.75, 3.05) is 13.1 Å². The minimum absolute atomic E-state index is 0.0684. The van der Waals surface area contributed by atoms with Gasteiger partial charge in [-0.2, -0.15) is 5.26 Å². The number of nitrogens with one attached hydrogen (secondary N) is 2. The predicted octanol–water partition coefficient (Wildman–Crippen LogP) is 2.38. The first kappa shape index (κ1) is 16.7. The molecular formula is C20H19FN4O. The van der Waals surface area contributed by atoms with Crippen LogP contribution in [0, 0.1) is 23.1 Å². The molecule has 132 valence electrons. The quantitative estimate of drug-likeness (QED) is 0.873. The Hall–Kier alpha value is -2.75. The van der Waals surface area contributed by atoms with E-state index in [0.717, 1.165) is 6.42 Å². The maximum Gasteiger partial charge on any atom is 0.255 e. The summed E-state index contributed by atoms with van der Waals surface area (Å²) in [6, 6.07) is 15.7. The number of carbonyl (C=O) groups excluding carboxylic acids is 1. The van der Waals surface area contributed by atoms with Gasteiger partial charge in [0.1, 0.15) is 5.82 Å². The summed E-state index contributed by atoms with van der Waals surface area (Å²) in [7, 11) is 0. The van der Waals surface area contributed by atoms with Crippen LogP contribution in [0.2, 0.25) is 0 Å². The summed E-state index contributed by atoms with van der Waals surface area (Å²) in [6.07, 6.45) is 0.781. The number of hydrazine groups is 1. The molecule has 3 atom stereocenters. The van der Waals surface area contributed by atoms with Crippen molar-refractivity contribution in [2.24, 2.45) is 5.92 Å². The molecule has 2 aliphatic rings. The first-order valence-corrected chi connectivity index (χ1v) is 8.73. The maximum absolute atomic E-state index is 14.2. The molecule has 0 aliphatic carbocycles. The van der Waals surface area contributed by atoms with Crippen LogP contribution in [0.4, 0.5) is 4.39 Å². The highest BCUT2D eigenvalue weighted by atomic mass is 19.1. The fourth-order valence-corrected chi connectivity index (χ4v) is 3.96. The number of hydrogen-bond acceptors (Lipinski definition) is 4. The van der Waals surface area contributed by atoms with E-state index >= 15 is 0 Å². The third kappa shape index (κ3) is 2.85. The standard InChI is InChI=1S/C20H19FN4O/c21-17-8-4-3-7-15(17)19-16-12-25(10-9-18(16)23-24-19)20(26)14-6-2-1-5-13(14)11-22/h1-8,16,18-19,23-24H,9-10,12H2. The van der Waals surface area contributed by atoms with Crippen molar-refractivity contribution in [3.8, 4) is 6.07 Å². The molecule has 0 bridgehead atoms. The Labute approximate surface area is 151 Å². The van der Waals surface area contributed by atoms with Crippen molar-refractivity contribution in [1.82, 2.24) is 15.8 Å². The number of likely N-dealkylation sites (tertiary alicyclic amines) is 1. The van der Waals surface area contributed by atoms with E-state index in [9.17, 15) is 14.4 Å². The molecule has 5 nitrogen and oxygen atoms in total. The van der Waals surface area contributed by atoms with Crippen LogP contribution < -0.4 is 10.9 Å². The van der Waals surface area contributed by atoms with Gasteiger partial charge in [0.05, 0.1) is 23.2 Å². The average molecular weight is 350 g/mol. The Morgan fingerprint density at radius 3 is 2.73 bits per heavy atom. The van der Waals surface area contributed by atoms with Gasteiger partial charge < -0.3 is 4.90 Å². The second kappa shape index (κ2) is 6.87. The summed E-state index contributed by atoms with van der Waals surface area (Å²) >= 11 is 0. The number of fused-ring (bicyclic) bond motifs is 1. The van der Waals surface area contributed by atoms with Crippen LogP contribution in [-0.2, 0) is 0 Å². The lowest BCUT2D eigenvalue weighted by Crippen LogP contribution is -2.48. The molecule has 6 heteroatoms. The number of nitrogens with zero attached hydrogens (tertiary/aromatic N) is 2. The third-order valence-electron chi connectivity index (χ3n) is 5.32. The van der Waals surface area contributed by atoms with E-state index in [1.165, 1.54) is 6.07 Å². The van der Waals surface area contributed by atoms with Crippen LogP contribution in [0.3, 0.4) is 0 Å². The Morgan fingerprint density at radius 2 is 1.92 bits per heavy atom. The van der Waals surface area contributed by atoms with Gasteiger partial charge in [-0.3, -0.25) is 10.2 Å². The highest BCUT2D eigenvalue weighted by molar-refractivity contribution is 5.96. The lowest BCUT2D eigenvalue weighted by Gasteiger charge is -2.36. The molecule has 0 radical (unpaired) electrons. The minimum Gasteiger partial charge on any atom is -0.338 e. The number of benzene rings is 2. The Balaban J connectivity index is 1.58. The van der Waals surface area contributed by atoms with E-state index in [-0.39, 0.29) is 29.7 Å². The molecule has 0 saturated carbocycles. The number of piperidine rings is 1. The van der Waals surface area contributed by atoms with Gasteiger partial charge in [-0.15, -0.1) is 0 Å². The summed E-state index contributed by atoms with van der Waals surface area (Å²) in [6.45, 7) is 1.13. The molecule has 2 aromatic rings. The van der Waals surface area contributed by atoms with E-state index in [4.69, 9.17) is 0 Å². The lowest BCUT2D eigenvalue weighted by atomic mass is 9.84. The smallest absolute Gasteiger partial charge is 0.255 e. The first-order chi connectivity index (χ1) is 12.7. The van der Waals surface area contributed by atoms with Gasteiger partial charge in [0, 0.05) is 30.6 Å². The molecule has 4 rings (SSSR count). The Morgan fingerprint density at radius 1 is 1.15 bits per heavy atom. The second-order valence-corrected chi connectivity index (χ2v) is 6.76. The molecule has 1 amide bonds. The SMILES string of the molecule is N#Cc1ccccc1C(=O)N1CCC2NNC(c3ccccc3F)C2C1. The number of hydrogen-bond donors (Lipinski definition) is 2. The molecule has 0 aromatic heterocycles. The van der Waals surface area contributed by atoms with Crippen molar-refractivity contribution in [3.63, 3.8) is 0 Å². The normalized spacial score (nSPS) is 24.8. The van der Waals surface area contributed by atoms with Gasteiger partial charge in [-0.05, 0) is 24.6 Å². The molecule has 2 aromatic carbocycles. The highest BCUT2D eigenvalue weighted by Gasteiger charge is 2.42. The molecule has 26 heavy (non-hydrogen) atoms. The summed E-state index contributed by atoms with van der Waals surface area (Å²) in [5, 5.41) is 9.25. The molecule has 2 N–H and O–H groups in total. The lowest BCUT2D eigenvalue weighted by molar-refractivity contribution is 0.0651.